The molecule has 0 aromatic heterocycles. The number of carbonyl (C=O) groups is 1. The van der Waals surface area contributed by atoms with E-state index in [9.17, 15) is 4.79 Å². The van der Waals surface area contributed by atoms with Gasteiger partial charge in [-0.05, 0) is 30.5 Å². The van der Waals surface area contributed by atoms with Crippen molar-refractivity contribution in [3.63, 3.8) is 0 Å². The second-order valence-corrected chi connectivity index (χ2v) is 4.31. The monoisotopic (exact) mass is 249 g/mol. The zero-order valence-corrected chi connectivity index (χ0v) is 10.5. The summed E-state index contributed by atoms with van der Waals surface area (Å²) in [7, 11) is 0. The fourth-order valence-corrected chi connectivity index (χ4v) is 1.59. The Morgan fingerprint density at radius 2 is 2.12 bits per heavy atom. The van der Waals surface area contributed by atoms with Crippen molar-refractivity contribution in [2.24, 2.45) is 0 Å². The minimum Gasteiger partial charge on any atom is -0.384 e. The Hall–Kier alpha value is -1.44. The number of aliphatic hydroxyl groups is 1. The molecule has 0 atom stereocenters. The van der Waals surface area contributed by atoms with Crippen LogP contribution in [0.1, 0.15) is 12.0 Å². The Kier molecular flexibility index (Phi) is 6.23. The molecule has 1 aromatic carbocycles. The number of anilines is 1. The molecule has 0 aliphatic rings. The van der Waals surface area contributed by atoms with E-state index < -0.39 is 0 Å². The summed E-state index contributed by atoms with van der Waals surface area (Å²) < 4.78 is 0. The van der Waals surface area contributed by atoms with Crippen molar-refractivity contribution in [2.45, 2.75) is 6.42 Å². The van der Waals surface area contributed by atoms with Crippen molar-refractivity contribution in [2.75, 3.05) is 23.9 Å². The summed E-state index contributed by atoms with van der Waals surface area (Å²) in [5.74, 6) is 6.21. The lowest BCUT2D eigenvalue weighted by Crippen LogP contribution is -2.11. The number of carbonyl (C=O) groups excluding carboxylic acids is 1. The highest BCUT2D eigenvalue weighted by Crippen LogP contribution is 2.09. The summed E-state index contributed by atoms with van der Waals surface area (Å²) in [6.45, 7) is -0.146. The number of amides is 1. The van der Waals surface area contributed by atoms with Gasteiger partial charge >= 0.3 is 0 Å². The highest BCUT2D eigenvalue weighted by molar-refractivity contribution is 7.98. The molecule has 0 radical (unpaired) electrons. The number of benzene rings is 1. The van der Waals surface area contributed by atoms with Gasteiger partial charge in [0.2, 0.25) is 5.91 Å². The SMILES string of the molecule is CSCCC(=O)Nc1ccc(C#CCO)cc1. The van der Waals surface area contributed by atoms with E-state index in [1.165, 1.54) is 0 Å². The first kappa shape index (κ1) is 13.6. The van der Waals surface area contributed by atoms with Crippen molar-refractivity contribution < 1.29 is 9.90 Å². The van der Waals surface area contributed by atoms with Crippen LogP contribution in [-0.4, -0.2) is 29.6 Å². The smallest absolute Gasteiger partial charge is 0.225 e. The zero-order chi connectivity index (χ0) is 12.5. The maximum absolute atomic E-state index is 11.4. The number of thioether (sulfide) groups is 1. The van der Waals surface area contributed by atoms with E-state index in [4.69, 9.17) is 5.11 Å². The van der Waals surface area contributed by atoms with Crippen LogP contribution in [0.5, 0.6) is 0 Å². The number of hydrogen-bond donors (Lipinski definition) is 2. The standard InChI is InChI=1S/C13H15NO2S/c1-17-10-8-13(16)14-12-6-4-11(5-7-12)3-2-9-15/h4-7,15H,8-10H2,1H3,(H,14,16). The van der Waals surface area contributed by atoms with Gasteiger partial charge in [0.25, 0.3) is 0 Å². The van der Waals surface area contributed by atoms with Gasteiger partial charge in [-0.2, -0.15) is 11.8 Å². The lowest BCUT2D eigenvalue weighted by molar-refractivity contribution is -0.115. The van der Waals surface area contributed by atoms with Gasteiger partial charge in [-0.15, -0.1) is 0 Å². The largest absolute Gasteiger partial charge is 0.384 e. The van der Waals surface area contributed by atoms with Crippen molar-refractivity contribution >= 4 is 23.4 Å². The number of rotatable bonds is 4. The fraction of sp³-hybridized carbons (Fsp3) is 0.308. The molecule has 0 spiro atoms. The van der Waals surface area contributed by atoms with E-state index in [-0.39, 0.29) is 12.5 Å². The average Bonchev–Trinajstić information content (AvgIpc) is 2.35. The summed E-state index contributed by atoms with van der Waals surface area (Å²) in [5, 5.41) is 11.4. The number of hydrogen-bond acceptors (Lipinski definition) is 3. The Morgan fingerprint density at radius 1 is 1.41 bits per heavy atom. The summed E-state index contributed by atoms with van der Waals surface area (Å²) in [6.07, 6.45) is 2.50. The molecule has 0 aliphatic heterocycles. The third-order valence-corrected chi connectivity index (χ3v) is 2.63. The van der Waals surface area contributed by atoms with Crippen LogP contribution in [0.2, 0.25) is 0 Å². The molecule has 17 heavy (non-hydrogen) atoms. The molecule has 1 amide bonds. The van der Waals surface area contributed by atoms with Gasteiger partial charge in [-0.25, -0.2) is 0 Å². The van der Waals surface area contributed by atoms with E-state index in [2.05, 4.69) is 17.2 Å². The van der Waals surface area contributed by atoms with Crippen LogP contribution in [0, 0.1) is 11.8 Å². The molecular weight excluding hydrogens is 234 g/mol. The molecule has 0 unspecified atom stereocenters. The quantitative estimate of drug-likeness (QED) is 0.799. The molecule has 0 aliphatic carbocycles. The lowest BCUT2D eigenvalue weighted by Gasteiger charge is -2.04. The van der Waals surface area contributed by atoms with Gasteiger partial charge in [0, 0.05) is 23.4 Å². The molecule has 4 heteroatoms. The third kappa shape index (κ3) is 5.43. The minimum atomic E-state index is -0.146. The van der Waals surface area contributed by atoms with Gasteiger partial charge in [0.05, 0.1) is 0 Å². The van der Waals surface area contributed by atoms with E-state index in [0.717, 1.165) is 17.0 Å². The summed E-state index contributed by atoms with van der Waals surface area (Å²) >= 11 is 1.65. The molecule has 0 bridgehead atoms. The molecular formula is C13H15NO2S. The number of nitrogens with one attached hydrogen (secondary N) is 1. The van der Waals surface area contributed by atoms with E-state index >= 15 is 0 Å². The average molecular weight is 249 g/mol. The molecule has 0 saturated carbocycles. The first-order chi connectivity index (χ1) is 8.26. The van der Waals surface area contributed by atoms with Gasteiger partial charge in [0.1, 0.15) is 6.61 Å². The second kappa shape index (κ2) is 7.77. The van der Waals surface area contributed by atoms with Crippen LogP contribution < -0.4 is 5.32 Å². The maximum Gasteiger partial charge on any atom is 0.225 e. The molecule has 0 saturated heterocycles. The molecule has 2 N–H and O–H groups in total. The van der Waals surface area contributed by atoms with Crippen molar-refractivity contribution in [3.05, 3.63) is 29.8 Å². The Balaban J connectivity index is 2.53. The van der Waals surface area contributed by atoms with E-state index in [0.29, 0.717) is 6.42 Å². The van der Waals surface area contributed by atoms with Crippen LogP contribution in [0.4, 0.5) is 5.69 Å². The normalized spacial score (nSPS) is 9.29. The second-order valence-electron chi connectivity index (χ2n) is 3.33. The lowest BCUT2D eigenvalue weighted by atomic mass is 10.2. The molecule has 90 valence electrons. The summed E-state index contributed by atoms with van der Waals surface area (Å²) in [4.78, 5) is 11.4. The molecule has 3 nitrogen and oxygen atoms in total. The fourth-order valence-electron chi connectivity index (χ4n) is 1.20. The molecule has 0 fully saturated rings. The molecule has 1 rings (SSSR count). The van der Waals surface area contributed by atoms with Crippen molar-refractivity contribution in [1.29, 1.82) is 0 Å². The van der Waals surface area contributed by atoms with Gasteiger partial charge < -0.3 is 10.4 Å². The van der Waals surface area contributed by atoms with Crippen LogP contribution >= 0.6 is 11.8 Å². The summed E-state index contributed by atoms with van der Waals surface area (Å²) in [5.41, 5.74) is 1.59. The first-order valence-corrected chi connectivity index (χ1v) is 6.64. The minimum absolute atomic E-state index is 0.0218. The first-order valence-electron chi connectivity index (χ1n) is 5.25. The van der Waals surface area contributed by atoms with Gasteiger partial charge in [-0.3, -0.25) is 4.79 Å². The van der Waals surface area contributed by atoms with Crippen LogP contribution in [-0.2, 0) is 4.79 Å². The van der Waals surface area contributed by atoms with E-state index in [1.807, 2.05) is 18.4 Å². The predicted octanol–water partition coefficient (Wildman–Crippen LogP) is 1.72. The Labute approximate surface area is 106 Å². The van der Waals surface area contributed by atoms with Crippen molar-refractivity contribution in [1.82, 2.24) is 0 Å². The molecule has 0 heterocycles. The van der Waals surface area contributed by atoms with Crippen LogP contribution in [0.25, 0.3) is 0 Å². The van der Waals surface area contributed by atoms with E-state index in [1.54, 1.807) is 23.9 Å². The van der Waals surface area contributed by atoms with Crippen LogP contribution in [0.15, 0.2) is 24.3 Å². The predicted molar refractivity (Wildman–Crippen MR) is 72.0 cm³/mol. The molecule has 1 aromatic rings. The number of aliphatic hydroxyl groups excluding tert-OH is 1. The maximum atomic E-state index is 11.4. The van der Waals surface area contributed by atoms with Crippen LogP contribution in [0.3, 0.4) is 0 Å². The van der Waals surface area contributed by atoms with Gasteiger partial charge in [-0.1, -0.05) is 11.8 Å². The Morgan fingerprint density at radius 3 is 2.71 bits per heavy atom. The van der Waals surface area contributed by atoms with Crippen molar-refractivity contribution in [3.8, 4) is 11.8 Å². The Bertz CT molecular complexity index is 417. The highest BCUT2D eigenvalue weighted by Gasteiger charge is 2.00. The summed E-state index contributed by atoms with van der Waals surface area (Å²) in [6, 6.07) is 7.23. The van der Waals surface area contributed by atoms with Gasteiger partial charge in [0.15, 0.2) is 0 Å². The third-order valence-electron chi connectivity index (χ3n) is 2.01. The highest BCUT2D eigenvalue weighted by atomic mass is 32.2. The topological polar surface area (TPSA) is 49.3 Å². The zero-order valence-electron chi connectivity index (χ0n) is 9.69.